The van der Waals surface area contributed by atoms with E-state index in [9.17, 15) is 29.4 Å². The number of ether oxygens (including phenoxy) is 1. The molecule has 1 aromatic carbocycles. The number of carboxylic acid groups (broad SMARTS) is 1. The van der Waals surface area contributed by atoms with Crippen molar-refractivity contribution >= 4 is 40.5 Å². The highest BCUT2D eigenvalue weighted by Crippen LogP contribution is 2.39. The van der Waals surface area contributed by atoms with Crippen molar-refractivity contribution in [1.82, 2.24) is 14.9 Å². The van der Waals surface area contributed by atoms with E-state index in [1.807, 2.05) is 0 Å². The molecular weight excluding hydrogens is 468 g/mol. The van der Waals surface area contributed by atoms with Crippen molar-refractivity contribution in [2.75, 3.05) is 5.73 Å². The average Bonchev–Trinajstić information content (AvgIpc) is 3.19. The maximum atomic E-state index is 13.3. The lowest BCUT2D eigenvalue weighted by atomic mass is 9.86. The van der Waals surface area contributed by atoms with Gasteiger partial charge in [-0.1, -0.05) is 13.0 Å². The molecule has 184 valence electrons. The Bertz CT molecular complexity index is 1600. The third-order valence-electron chi connectivity index (χ3n) is 6.61. The summed E-state index contributed by atoms with van der Waals surface area (Å²) < 4.78 is 6.60. The predicted molar refractivity (Wildman–Crippen MR) is 128 cm³/mol. The fourth-order valence-corrected chi connectivity index (χ4v) is 4.71. The number of nitrogens with zero attached hydrogens (tertiary/aromatic N) is 2. The summed E-state index contributed by atoms with van der Waals surface area (Å²) in [6, 6.07) is 6.65. The first-order chi connectivity index (χ1) is 17.0. The quantitative estimate of drug-likeness (QED) is 0.186. The molecule has 36 heavy (non-hydrogen) atoms. The fourth-order valence-electron chi connectivity index (χ4n) is 4.71. The summed E-state index contributed by atoms with van der Waals surface area (Å²) in [5, 5.41) is 23.2. The van der Waals surface area contributed by atoms with Gasteiger partial charge < -0.3 is 30.6 Å². The molecule has 0 aliphatic carbocycles. The van der Waals surface area contributed by atoms with Gasteiger partial charge in [-0.25, -0.2) is 14.6 Å². The van der Waals surface area contributed by atoms with E-state index in [-0.39, 0.29) is 47.6 Å². The van der Waals surface area contributed by atoms with Crippen LogP contribution in [0, 0.1) is 0 Å². The summed E-state index contributed by atoms with van der Waals surface area (Å²) in [5.74, 6) is -2.64. The number of fused-ring (bicyclic) bond motifs is 5. The maximum absolute atomic E-state index is 13.3. The van der Waals surface area contributed by atoms with Gasteiger partial charge in [-0.3, -0.25) is 9.59 Å². The highest BCUT2D eigenvalue weighted by atomic mass is 16.6. The van der Waals surface area contributed by atoms with Gasteiger partial charge in [-0.2, -0.15) is 0 Å². The lowest BCUT2D eigenvalue weighted by Gasteiger charge is -2.31. The number of nitrogen functional groups attached to an aromatic ring is 1. The van der Waals surface area contributed by atoms with Gasteiger partial charge in [0.2, 0.25) is 5.91 Å². The zero-order valence-corrected chi connectivity index (χ0v) is 19.4. The first kappa shape index (κ1) is 23.2. The highest BCUT2D eigenvalue weighted by Gasteiger charge is 2.45. The second kappa shape index (κ2) is 8.02. The Morgan fingerprint density at radius 2 is 2.06 bits per heavy atom. The molecule has 0 unspecified atom stereocenters. The second-order valence-electron chi connectivity index (χ2n) is 8.78. The number of carbonyl (C=O) groups excluding carboxylic acids is 2. The number of hydrogen-bond acceptors (Lipinski definition) is 8. The summed E-state index contributed by atoms with van der Waals surface area (Å²) in [6.45, 7) is 2.82. The first-order valence-electron chi connectivity index (χ1n) is 11.2. The molecule has 1 amide bonds. The molecule has 5 N–H and O–H groups in total. The molecule has 0 radical (unpaired) electrons. The molecule has 2 aliphatic rings. The van der Waals surface area contributed by atoms with Gasteiger partial charge in [0, 0.05) is 34.7 Å². The third kappa shape index (κ3) is 3.35. The minimum absolute atomic E-state index is 0.0450. The molecule has 11 nitrogen and oxygen atoms in total. The van der Waals surface area contributed by atoms with Gasteiger partial charge in [0.1, 0.15) is 12.3 Å². The van der Waals surface area contributed by atoms with Gasteiger partial charge in [0.25, 0.3) is 5.56 Å². The molecule has 0 fully saturated rings. The van der Waals surface area contributed by atoms with Crippen LogP contribution in [-0.4, -0.2) is 37.6 Å². The molecule has 2 aliphatic heterocycles. The molecule has 4 heterocycles. The molecule has 0 saturated carbocycles. The molecule has 2 aromatic heterocycles. The molecule has 0 spiro atoms. The van der Waals surface area contributed by atoms with E-state index in [0.717, 1.165) is 0 Å². The summed E-state index contributed by atoms with van der Waals surface area (Å²) in [6.07, 6.45) is 1.31. The van der Waals surface area contributed by atoms with E-state index in [2.05, 4.69) is 5.32 Å². The van der Waals surface area contributed by atoms with Crippen LogP contribution in [0.2, 0.25) is 0 Å². The van der Waals surface area contributed by atoms with E-state index in [1.54, 1.807) is 31.2 Å². The molecule has 5 rings (SSSR count). The highest BCUT2D eigenvalue weighted by molar-refractivity contribution is 6.01. The molecule has 3 aromatic rings. The van der Waals surface area contributed by atoms with Crippen LogP contribution in [0.25, 0.3) is 28.4 Å². The van der Waals surface area contributed by atoms with E-state index < -0.39 is 23.4 Å². The number of rotatable bonds is 4. The van der Waals surface area contributed by atoms with E-state index in [0.29, 0.717) is 33.4 Å². The number of carbonyl (C=O) groups is 3. The van der Waals surface area contributed by atoms with E-state index in [4.69, 9.17) is 15.5 Å². The lowest BCUT2D eigenvalue weighted by molar-refractivity contribution is -0.172. The summed E-state index contributed by atoms with van der Waals surface area (Å²) >= 11 is 0. The van der Waals surface area contributed by atoms with Gasteiger partial charge in [0.15, 0.2) is 5.60 Å². The number of nitrogens with one attached hydrogen (secondary N) is 1. The Labute approximate surface area is 203 Å². The Hall–Kier alpha value is -4.51. The zero-order valence-electron chi connectivity index (χ0n) is 19.4. The number of cyclic esters (lactones) is 1. The Balaban J connectivity index is 1.66. The SMILES string of the molecule is CC[C@@]1(O)C(=O)OCc2c1cc1n(c2=O)Cc2cc3c(N)c(C=C(NC(C)=O)C(=O)O)ccc3nc2-1. The van der Waals surface area contributed by atoms with Gasteiger partial charge in [-0.15, -0.1) is 0 Å². The van der Waals surface area contributed by atoms with Crippen LogP contribution >= 0.6 is 0 Å². The minimum atomic E-state index is -1.91. The van der Waals surface area contributed by atoms with Crippen molar-refractivity contribution in [1.29, 1.82) is 0 Å². The van der Waals surface area contributed by atoms with Crippen molar-refractivity contribution < 1.29 is 29.3 Å². The number of nitrogens with two attached hydrogens (primary N) is 1. The number of aliphatic hydroxyl groups is 1. The number of aromatic nitrogens is 2. The normalized spacial score (nSPS) is 18.3. The summed E-state index contributed by atoms with van der Waals surface area (Å²) in [7, 11) is 0. The van der Waals surface area contributed by atoms with Gasteiger partial charge in [-0.05, 0) is 30.7 Å². The fraction of sp³-hybridized carbons (Fsp3) is 0.240. The predicted octanol–water partition coefficient (Wildman–Crippen LogP) is 1.22. The van der Waals surface area contributed by atoms with Crippen LogP contribution in [0.5, 0.6) is 0 Å². The summed E-state index contributed by atoms with van der Waals surface area (Å²) in [5.41, 5.74) is 7.02. The van der Waals surface area contributed by atoms with Crippen LogP contribution in [-0.2, 0) is 37.9 Å². The number of pyridine rings is 2. The molecule has 11 heteroatoms. The van der Waals surface area contributed by atoms with Crippen molar-refractivity contribution in [3.8, 4) is 11.4 Å². The molecule has 1 atom stereocenters. The van der Waals surface area contributed by atoms with Crippen LogP contribution in [0.4, 0.5) is 5.69 Å². The first-order valence-corrected chi connectivity index (χ1v) is 11.2. The van der Waals surface area contributed by atoms with Crippen LogP contribution in [0.15, 0.2) is 34.8 Å². The van der Waals surface area contributed by atoms with Crippen molar-refractivity contribution in [2.24, 2.45) is 0 Å². The standard InChI is InChI=1S/C25H22N4O7/c1-3-25(35)16-8-19-21-13(9-29(19)22(31)15(16)10-36-24(25)34)6-14-17(28-21)5-4-12(20(14)26)7-18(23(32)33)27-11(2)30/h4-8,35H,3,9-10,26H2,1-2H3,(H,27,30)(H,32,33)/t25-/m0/s1. The number of hydrogen-bond donors (Lipinski definition) is 4. The largest absolute Gasteiger partial charge is 0.477 e. The number of anilines is 1. The zero-order chi connectivity index (χ0) is 25.9. The number of aliphatic carboxylic acids is 1. The third-order valence-corrected chi connectivity index (χ3v) is 6.61. The Kier molecular flexibility index (Phi) is 5.18. The van der Waals surface area contributed by atoms with Gasteiger partial charge >= 0.3 is 11.9 Å². The monoisotopic (exact) mass is 490 g/mol. The molecule has 0 bridgehead atoms. The number of esters is 1. The topological polar surface area (TPSA) is 174 Å². The van der Waals surface area contributed by atoms with E-state index >= 15 is 0 Å². The minimum Gasteiger partial charge on any atom is -0.477 e. The number of benzene rings is 1. The van der Waals surface area contributed by atoms with Crippen molar-refractivity contribution in [2.45, 2.75) is 39.0 Å². The van der Waals surface area contributed by atoms with Crippen LogP contribution in [0.3, 0.4) is 0 Å². The second-order valence-corrected chi connectivity index (χ2v) is 8.78. The summed E-state index contributed by atoms with van der Waals surface area (Å²) in [4.78, 5) is 53.2. The van der Waals surface area contributed by atoms with E-state index in [1.165, 1.54) is 17.6 Å². The Morgan fingerprint density at radius 3 is 2.72 bits per heavy atom. The van der Waals surface area contributed by atoms with Crippen LogP contribution in [0.1, 0.15) is 42.5 Å². The van der Waals surface area contributed by atoms with Crippen molar-refractivity contribution in [3.63, 3.8) is 0 Å². The molecular formula is C25H22N4O7. The van der Waals surface area contributed by atoms with Crippen LogP contribution < -0.4 is 16.6 Å². The average molecular weight is 490 g/mol. The number of carboxylic acids is 1. The maximum Gasteiger partial charge on any atom is 0.352 e. The number of amides is 1. The smallest absolute Gasteiger partial charge is 0.352 e. The van der Waals surface area contributed by atoms with Crippen molar-refractivity contribution in [3.05, 3.63) is 62.6 Å². The lowest BCUT2D eigenvalue weighted by Crippen LogP contribution is -2.44. The molecule has 0 saturated heterocycles. The Morgan fingerprint density at radius 1 is 1.31 bits per heavy atom. The van der Waals surface area contributed by atoms with Gasteiger partial charge in [0.05, 0.1) is 29.0 Å².